The molecule has 0 heterocycles. The molecule has 0 bridgehead atoms. The first-order valence-corrected chi connectivity index (χ1v) is 12.1. The Bertz CT molecular complexity index is 287. The van der Waals surface area contributed by atoms with Crippen LogP contribution in [0.1, 0.15) is 110 Å². The summed E-state index contributed by atoms with van der Waals surface area (Å²) in [6.45, 7) is 2.27. The van der Waals surface area contributed by atoms with Crippen molar-refractivity contribution in [3.63, 3.8) is 0 Å². The summed E-state index contributed by atoms with van der Waals surface area (Å²) in [5.41, 5.74) is 0. The molecule has 27 heavy (non-hydrogen) atoms. The van der Waals surface area contributed by atoms with Crippen molar-refractivity contribution in [3.8, 4) is 0 Å². The van der Waals surface area contributed by atoms with E-state index in [0.717, 1.165) is 18.6 Å². The lowest BCUT2D eigenvalue weighted by Crippen LogP contribution is -2.44. The van der Waals surface area contributed by atoms with E-state index in [-0.39, 0.29) is 0 Å². The lowest BCUT2D eigenvalue weighted by Gasteiger charge is -2.36. The van der Waals surface area contributed by atoms with Crippen LogP contribution in [0.15, 0.2) is 0 Å². The Balaban J connectivity index is 4.15. The van der Waals surface area contributed by atoms with E-state index < -0.39 is 5.97 Å². The summed E-state index contributed by atoms with van der Waals surface area (Å²) in [7, 11) is 5.10. The molecule has 4 heteroatoms. The first-order chi connectivity index (χ1) is 13.2. The van der Waals surface area contributed by atoms with Gasteiger partial charge in [0.1, 0.15) is 0 Å². The predicted molar refractivity (Wildman–Crippen MR) is 121 cm³/mol. The van der Waals surface area contributed by atoms with Gasteiger partial charge in [0.2, 0.25) is 0 Å². The van der Waals surface area contributed by atoms with Crippen LogP contribution in [-0.2, 0) is 14.2 Å². The van der Waals surface area contributed by atoms with E-state index in [2.05, 4.69) is 19.6 Å². The lowest BCUT2D eigenvalue weighted by atomic mass is 9.91. The Morgan fingerprint density at radius 1 is 0.593 bits per heavy atom. The van der Waals surface area contributed by atoms with Crippen LogP contribution in [0.5, 0.6) is 0 Å². The van der Waals surface area contributed by atoms with E-state index in [1.54, 1.807) is 21.3 Å². The molecule has 0 amide bonds. The third-order valence-corrected chi connectivity index (χ3v) is 6.04. The molecule has 0 aliphatic carbocycles. The summed E-state index contributed by atoms with van der Waals surface area (Å²) in [4.78, 5) is 0. The lowest BCUT2D eigenvalue weighted by molar-refractivity contribution is -0.380. The molecule has 0 N–H and O–H groups in total. The molecule has 0 saturated carbocycles. The van der Waals surface area contributed by atoms with Crippen LogP contribution in [0.25, 0.3) is 0 Å². The summed E-state index contributed by atoms with van der Waals surface area (Å²) in [5.74, 6) is 0.454. The van der Waals surface area contributed by atoms with Gasteiger partial charge in [0.05, 0.1) is 0 Å². The molecule has 164 valence electrons. The second kappa shape index (κ2) is 19.5. The van der Waals surface area contributed by atoms with E-state index in [0.29, 0.717) is 5.92 Å². The second-order valence-electron chi connectivity index (χ2n) is 7.81. The van der Waals surface area contributed by atoms with Gasteiger partial charge in [-0.15, -0.1) is 0 Å². The zero-order valence-corrected chi connectivity index (χ0v) is 19.7. The number of rotatable bonds is 21. The highest BCUT2D eigenvalue weighted by Crippen LogP contribution is 2.33. The average Bonchev–Trinajstić information content (AvgIpc) is 2.70. The van der Waals surface area contributed by atoms with Crippen molar-refractivity contribution in [3.05, 3.63) is 0 Å². The molecule has 0 aromatic heterocycles. The van der Waals surface area contributed by atoms with Gasteiger partial charge >= 0.3 is 0 Å². The van der Waals surface area contributed by atoms with Gasteiger partial charge in [-0.25, -0.2) is 0 Å². The molecule has 0 aliphatic heterocycles. The number of ether oxygens (including phenoxy) is 3. The van der Waals surface area contributed by atoms with Crippen molar-refractivity contribution in [2.24, 2.45) is 5.92 Å². The minimum atomic E-state index is -0.879. The predicted octanol–water partition coefficient (Wildman–Crippen LogP) is 7.39. The highest BCUT2D eigenvalue weighted by atomic mass is 32.1. The summed E-state index contributed by atoms with van der Waals surface area (Å²) < 4.78 is 17.0. The monoisotopic (exact) mass is 404 g/mol. The molecule has 0 spiro atoms. The third kappa shape index (κ3) is 13.1. The van der Waals surface area contributed by atoms with Crippen molar-refractivity contribution < 1.29 is 14.2 Å². The summed E-state index contributed by atoms with van der Waals surface area (Å²) in [6.07, 6.45) is 20.7. The zero-order chi connectivity index (χ0) is 20.2. The quantitative estimate of drug-likeness (QED) is 0.123. The van der Waals surface area contributed by atoms with Crippen molar-refractivity contribution in [2.75, 3.05) is 27.1 Å². The summed E-state index contributed by atoms with van der Waals surface area (Å²) in [5, 5.41) is 0. The molecular formula is C23H48O3S. The van der Waals surface area contributed by atoms with Gasteiger partial charge in [0, 0.05) is 27.2 Å². The Hall–Kier alpha value is 0.230. The maximum atomic E-state index is 5.68. The van der Waals surface area contributed by atoms with Gasteiger partial charge in [0.15, 0.2) is 0 Å². The van der Waals surface area contributed by atoms with Gasteiger partial charge in [-0.1, -0.05) is 90.4 Å². The van der Waals surface area contributed by atoms with Crippen LogP contribution < -0.4 is 0 Å². The van der Waals surface area contributed by atoms with Crippen molar-refractivity contribution in [1.29, 1.82) is 0 Å². The van der Waals surface area contributed by atoms with E-state index in [9.17, 15) is 0 Å². The minimum Gasteiger partial charge on any atom is -0.331 e. The smallest absolute Gasteiger partial charge is 0.285 e. The number of methoxy groups -OCH3 is 3. The fourth-order valence-electron chi connectivity index (χ4n) is 3.98. The standard InChI is InChI=1S/C23H48O3S/c1-5-6-7-8-13-16-19-22(23(24-2,25-3)26-4)20-17-14-11-9-10-12-15-18-21-27/h22,27H,5-21H2,1-4H3. The fraction of sp³-hybridized carbons (Fsp3) is 1.00. The molecule has 0 aliphatic rings. The Labute approximate surface area is 175 Å². The molecule has 0 rings (SSSR count). The van der Waals surface area contributed by atoms with Gasteiger partial charge in [-0.2, -0.15) is 12.6 Å². The van der Waals surface area contributed by atoms with E-state index in [4.69, 9.17) is 14.2 Å². The molecule has 0 fully saturated rings. The number of hydrogen-bond donors (Lipinski definition) is 1. The molecule has 0 aromatic rings. The Kier molecular flexibility index (Phi) is 19.7. The zero-order valence-electron chi connectivity index (χ0n) is 18.8. The molecule has 0 aromatic carbocycles. The maximum Gasteiger partial charge on any atom is 0.285 e. The largest absolute Gasteiger partial charge is 0.331 e. The molecule has 1 atom stereocenters. The van der Waals surface area contributed by atoms with Crippen LogP contribution in [0.3, 0.4) is 0 Å². The second-order valence-corrected chi connectivity index (χ2v) is 8.26. The highest BCUT2D eigenvalue weighted by Gasteiger charge is 2.39. The molecule has 3 nitrogen and oxygen atoms in total. The fourth-order valence-corrected chi connectivity index (χ4v) is 4.21. The van der Waals surface area contributed by atoms with Crippen molar-refractivity contribution in [2.45, 2.75) is 116 Å². The Morgan fingerprint density at radius 3 is 1.33 bits per heavy atom. The van der Waals surface area contributed by atoms with Crippen LogP contribution >= 0.6 is 12.6 Å². The molecule has 0 saturated heterocycles. The van der Waals surface area contributed by atoms with Crippen LogP contribution in [0, 0.1) is 5.92 Å². The first-order valence-electron chi connectivity index (χ1n) is 11.5. The number of hydrogen-bond acceptors (Lipinski definition) is 4. The molecule has 1 unspecified atom stereocenters. The number of unbranched alkanes of at least 4 members (excludes halogenated alkanes) is 12. The highest BCUT2D eigenvalue weighted by molar-refractivity contribution is 7.80. The SMILES string of the molecule is CCCCCCCCC(CCCCCCCCCCS)C(OC)(OC)OC. The summed E-state index contributed by atoms with van der Waals surface area (Å²) >= 11 is 4.27. The van der Waals surface area contributed by atoms with Gasteiger partial charge in [-0.3, -0.25) is 0 Å². The summed E-state index contributed by atoms with van der Waals surface area (Å²) in [6, 6.07) is 0. The van der Waals surface area contributed by atoms with Crippen LogP contribution in [-0.4, -0.2) is 33.1 Å². The minimum absolute atomic E-state index is 0.305. The Morgan fingerprint density at radius 2 is 0.963 bits per heavy atom. The molecular weight excluding hydrogens is 356 g/mol. The van der Waals surface area contributed by atoms with Crippen molar-refractivity contribution in [1.82, 2.24) is 0 Å². The van der Waals surface area contributed by atoms with Gasteiger partial charge < -0.3 is 14.2 Å². The average molecular weight is 405 g/mol. The van der Waals surface area contributed by atoms with Crippen molar-refractivity contribution >= 4 is 12.6 Å². The normalized spacial score (nSPS) is 13.2. The van der Waals surface area contributed by atoms with E-state index in [1.165, 1.54) is 89.9 Å². The van der Waals surface area contributed by atoms with Crippen LogP contribution in [0.4, 0.5) is 0 Å². The first kappa shape index (κ1) is 27.2. The van der Waals surface area contributed by atoms with Gasteiger partial charge in [0.25, 0.3) is 5.97 Å². The third-order valence-electron chi connectivity index (χ3n) is 5.72. The molecule has 0 radical (unpaired) electrons. The van der Waals surface area contributed by atoms with E-state index >= 15 is 0 Å². The van der Waals surface area contributed by atoms with E-state index in [1.807, 2.05) is 0 Å². The topological polar surface area (TPSA) is 27.7 Å². The number of thiol groups is 1. The van der Waals surface area contributed by atoms with Gasteiger partial charge in [-0.05, 0) is 25.0 Å². The maximum absolute atomic E-state index is 5.68. The van der Waals surface area contributed by atoms with Crippen LogP contribution in [0.2, 0.25) is 0 Å².